The highest BCUT2D eigenvalue weighted by molar-refractivity contribution is 7.99. The molecule has 2 N–H and O–H groups in total. The topological polar surface area (TPSA) is 41.1 Å². The lowest BCUT2D eigenvalue weighted by atomic mass is 10.3. The predicted octanol–water partition coefficient (Wildman–Crippen LogP) is 2.97. The highest BCUT2D eigenvalue weighted by Crippen LogP contribution is 2.21. The van der Waals surface area contributed by atoms with Gasteiger partial charge in [0.15, 0.2) is 0 Å². The van der Waals surface area contributed by atoms with E-state index < -0.39 is 0 Å². The molecule has 0 radical (unpaired) electrons. The van der Waals surface area contributed by atoms with Gasteiger partial charge in [-0.15, -0.1) is 24.2 Å². The number of rotatable bonds is 8. The Morgan fingerprint density at radius 3 is 2.58 bits per heavy atom. The zero-order chi connectivity index (χ0) is 13.2. The Morgan fingerprint density at radius 2 is 1.95 bits per heavy atom. The maximum Gasteiger partial charge on any atom is 0.220 e. The Kier molecular flexibility index (Phi) is 11.2. The second-order valence-electron chi connectivity index (χ2n) is 3.86. The lowest BCUT2D eigenvalue weighted by Crippen LogP contribution is -2.30. The summed E-state index contributed by atoms with van der Waals surface area (Å²) in [6.45, 7) is 1.50. The number of halogens is 2. The van der Waals surface area contributed by atoms with Crippen molar-refractivity contribution in [2.24, 2.45) is 0 Å². The molecule has 0 aliphatic carbocycles. The van der Waals surface area contributed by atoms with Crippen LogP contribution in [0.3, 0.4) is 0 Å². The van der Waals surface area contributed by atoms with Crippen LogP contribution in [-0.2, 0) is 4.79 Å². The van der Waals surface area contributed by atoms with E-state index in [0.29, 0.717) is 13.0 Å². The number of thioether (sulfide) groups is 1. The molecule has 108 valence electrons. The van der Waals surface area contributed by atoms with E-state index in [0.717, 1.165) is 23.7 Å². The number of carbonyl (C=O) groups excluding carboxylic acids is 1. The molecule has 0 atom stereocenters. The van der Waals surface area contributed by atoms with Crippen LogP contribution in [0.1, 0.15) is 12.8 Å². The van der Waals surface area contributed by atoms with Crippen LogP contribution in [0.4, 0.5) is 0 Å². The summed E-state index contributed by atoms with van der Waals surface area (Å²) in [6.07, 6.45) is 1.48. The van der Waals surface area contributed by atoms with Gasteiger partial charge in [0, 0.05) is 29.4 Å². The first-order valence-electron chi connectivity index (χ1n) is 6.02. The standard InChI is InChI=1S/C13H19ClN2OS.ClH/c1-15-8-9-16-13(17)3-2-10-18-12-6-4-11(14)5-7-12;/h4-7,15H,2-3,8-10H2,1H3,(H,16,17);1H. The number of amides is 1. The number of benzene rings is 1. The second kappa shape index (κ2) is 11.4. The fraction of sp³-hybridized carbons (Fsp3) is 0.462. The molecule has 1 aromatic rings. The van der Waals surface area contributed by atoms with Gasteiger partial charge in [0.1, 0.15) is 0 Å². The molecule has 0 aromatic heterocycles. The molecule has 0 fully saturated rings. The van der Waals surface area contributed by atoms with E-state index >= 15 is 0 Å². The molecule has 0 bridgehead atoms. The van der Waals surface area contributed by atoms with Crippen molar-refractivity contribution in [2.75, 3.05) is 25.9 Å². The summed E-state index contributed by atoms with van der Waals surface area (Å²) in [5.41, 5.74) is 0. The number of nitrogens with one attached hydrogen (secondary N) is 2. The smallest absolute Gasteiger partial charge is 0.220 e. The van der Waals surface area contributed by atoms with Gasteiger partial charge < -0.3 is 10.6 Å². The van der Waals surface area contributed by atoms with Gasteiger partial charge in [-0.1, -0.05) is 11.6 Å². The Balaban J connectivity index is 0.00000324. The normalized spacial score (nSPS) is 9.79. The van der Waals surface area contributed by atoms with Crippen molar-refractivity contribution >= 4 is 41.7 Å². The molecule has 6 heteroatoms. The molecule has 0 heterocycles. The zero-order valence-electron chi connectivity index (χ0n) is 10.9. The average molecular weight is 323 g/mol. The Bertz CT molecular complexity index is 360. The fourth-order valence-electron chi connectivity index (χ4n) is 1.37. The van der Waals surface area contributed by atoms with E-state index in [9.17, 15) is 4.79 Å². The number of hydrogen-bond donors (Lipinski definition) is 2. The second-order valence-corrected chi connectivity index (χ2v) is 5.46. The van der Waals surface area contributed by atoms with E-state index in [1.165, 1.54) is 4.90 Å². The lowest BCUT2D eigenvalue weighted by molar-refractivity contribution is -0.121. The van der Waals surface area contributed by atoms with Gasteiger partial charge in [-0.05, 0) is 43.5 Å². The van der Waals surface area contributed by atoms with Crippen molar-refractivity contribution in [3.05, 3.63) is 29.3 Å². The fourth-order valence-corrected chi connectivity index (χ4v) is 2.35. The average Bonchev–Trinajstić information content (AvgIpc) is 2.37. The predicted molar refractivity (Wildman–Crippen MR) is 85.6 cm³/mol. The summed E-state index contributed by atoms with van der Waals surface area (Å²) in [4.78, 5) is 12.6. The molecule has 0 aliphatic heterocycles. The van der Waals surface area contributed by atoms with Crippen LogP contribution in [-0.4, -0.2) is 31.8 Å². The first kappa shape index (κ1) is 18.6. The van der Waals surface area contributed by atoms with Crippen LogP contribution in [0.5, 0.6) is 0 Å². The zero-order valence-corrected chi connectivity index (χ0v) is 13.3. The summed E-state index contributed by atoms with van der Waals surface area (Å²) < 4.78 is 0. The van der Waals surface area contributed by atoms with Crippen molar-refractivity contribution in [1.29, 1.82) is 0 Å². The van der Waals surface area contributed by atoms with E-state index in [-0.39, 0.29) is 18.3 Å². The van der Waals surface area contributed by atoms with Gasteiger partial charge in [-0.3, -0.25) is 4.79 Å². The summed E-state index contributed by atoms with van der Waals surface area (Å²) in [5, 5.41) is 6.60. The van der Waals surface area contributed by atoms with Gasteiger partial charge in [0.05, 0.1) is 0 Å². The van der Waals surface area contributed by atoms with Crippen LogP contribution in [0, 0.1) is 0 Å². The molecule has 0 spiro atoms. The third-order valence-electron chi connectivity index (χ3n) is 2.33. The molecular weight excluding hydrogens is 303 g/mol. The van der Waals surface area contributed by atoms with Gasteiger partial charge in [-0.2, -0.15) is 0 Å². The molecule has 1 aromatic carbocycles. The third kappa shape index (κ3) is 9.16. The summed E-state index contributed by atoms with van der Waals surface area (Å²) in [6, 6.07) is 7.77. The largest absolute Gasteiger partial charge is 0.355 e. The maximum atomic E-state index is 11.4. The molecule has 19 heavy (non-hydrogen) atoms. The summed E-state index contributed by atoms with van der Waals surface area (Å²) in [5.74, 6) is 1.07. The van der Waals surface area contributed by atoms with Gasteiger partial charge in [-0.25, -0.2) is 0 Å². The minimum absolute atomic E-state index is 0. The number of carbonyl (C=O) groups is 1. The lowest BCUT2D eigenvalue weighted by Gasteiger charge is -2.04. The molecular formula is C13H20Cl2N2OS. The monoisotopic (exact) mass is 322 g/mol. The first-order valence-corrected chi connectivity index (χ1v) is 7.38. The van der Waals surface area contributed by atoms with Crippen molar-refractivity contribution in [3.63, 3.8) is 0 Å². The Morgan fingerprint density at radius 1 is 1.26 bits per heavy atom. The van der Waals surface area contributed by atoms with Gasteiger partial charge >= 0.3 is 0 Å². The van der Waals surface area contributed by atoms with Crippen LogP contribution in [0.15, 0.2) is 29.2 Å². The quantitative estimate of drug-likeness (QED) is 0.571. The minimum Gasteiger partial charge on any atom is -0.355 e. The molecule has 3 nitrogen and oxygen atoms in total. The Hall–Kier alpha value is -0.420. The highest BCUT2D eigenvalue weighted by Gasteiger charge is 2.00. The van der Waals surface area contributed by atoms with Gasteiger partial charge in [0.2, 0.25) is 5.91 Å². The summed E-state index contributed by atoms with van der Waals surface area (Å²) in [7, 11) is 1.87. The molecule has 0 saturated carbocycles. The molecule has 0 saturated heterocycles. The molecule has 1 rings (SSSR count). The van der Waals surface area contributed by atoms with Crippen LogP contribution < -0.4 is 10.6 Å². The van der Waals surface area contributed by atoms with E-state index in [4.69, 9.17) is 11.6 Å². The summed E-state index contributed by atoms with van der Waals surface area (Å²) >= 11 is 7.56. The van der Waals surface area contributed by atoms with Crippen LogP contribution in [0.25, 0.3) is 0 Å². The van der Waals surface area contributed by atoms with E-state index in [2.05, 4.69) is 10.6 Å². The van der Waals surface area contributed by atoms with Crippen LogP contribution in [0.2, 0.25) is 5.02 Å². The SMILES string of the molecule is CNCCNC(=O)CCCSc1ccc(Cl)cc1.Cl. The maximum absolute atomic E-state index is 11.4. The van der Waals surface area contributed by atoms with Crippen molar-refractivity contribution in [1.82, 2.24) is 10.6 Å². The molecule has 0 unspecified atom stereocenters. The number of likely N-dealkylation sites (N-methyl/N-ethyl adjacent to an activating group) is 1. The van der Waals surface area contributed by atoms with Crippen molar-refractivity contribution in [3.8, 4) is 0 Å². The molecule has 0 aliphatic rings. The third-order valence-corrected chi connectivity index (χ3v) is 3.68. The minimum atomic E-state index is 0. The first-order chi connectivity index (χ1) is 8.72. The van der Waals surface area contributed by atoms with Crippen molar-refractivity contribution < 1.29 is 4.79 Å². The number of hydrogen-bond acceptors (Lipinski definition) is 3. The van der Waals surface area contributed by atoms with E-state index in [1.807, 2.05) is 31.3 Å². The van der Waals surface area contributed by atoms with Crippen LogP contribution >= 0.6 is 35.8 Å². The van der Waals surface area contributed by atoms with Crippen molar-refractivity contribution in [2.45, 2.75) is 17.7 Å². The highest BCUT2D eigenvalue weighted by atomic mass is 35.5. The molecule has 1 amide bonds. The Labute approximate surface area is 130 Å². The van der Waals surface area contributed by atoms with Gasteiger partial charge in [0.25, 0.3) is 0 Å². The van der Waals surface area contributed by atoms with E-state index in [1.54, 1.807) is 11.8 Å².